The van der Waals surface area contributed by atoms with E-state index in [4.69, 9.17) is 14.2 Å². The van der Waals surface area contributed by atoms with Crippen LogP contribution >= 0.6 is 0 Å². The van der Waals surface area contributed by atoms with Crippen molar-refractivity contribution in [2.75, 3.05) is 19.8 Å². The fourth-order valence-corrected chi connectivity index (χ4v) is 2.12. The number of carbonyl (C=O) groups excluding carboxylic acids is 2. The highest BCUT2D eigenvalue weighted by molar-refractivity contribution is 5.80. The summed E-state index contributed by atoms with van der Waals surface area (Å²) in [6.07, 6.45) is -1.27. The fourth-order valence-electron chi connectivity index (χ4n) is 2.12. The standard InChI is InChI=1S/C20H23NO6/c1-2-25-19(23)14-27-17-10-8-15(9-11-17)12-21-20(24)18(22)13-26-16-6-4-3-5-7-16/h3-11,18,22H,2,12-14H2,1H3,(H,21,24). The zero-order chi connectivity index (χ0) is 19.5. The number of hydrogen-bond donors (Lipinski definition) is 2. The first-order chi connectivity index (χ1) is 13.1. The second kappa shape index (κ2) is 10.8. The van der Waals surface area contributed by atoms with Gasteiger partial charge in [0.2, 0.25) is 0 Å². The van der Waals surface area contributed by atoms with Crippen LogP contribution in [0.25, 0.3) is 0 Å². The predicted molar refractivity (Wildman–Crippen MR) is 98.4 cm³/mol. The number of aliphatic hydroxyl groups excluding tert-OH is 1. The third kappa shape index (κ3) is 7.37. The molecule has 0 aliphatic heterocycles. The van der Waals surface area contributed by atoms with Gasteiger partial charge in [-0.3, -0.25) is 4.79 Å². The molecule has 0 radical (unpaired) electrons. The van der Waals surface area contributed by atoms with Crippen molar-refractivity contribution >= 4 is 11.9 Å². The normalized spacial score (nSPS) is 11.3. The number of benzene rings is 2. The van der Waals surface area contributed by atoms with Crippen LogP contribution in [0.2, 0.25) is 0 Å². The Morgan fingerprint density at radius 1 is 1.00 bits per heavy atom. The van der Waals surface area contributed by atoms with E-state index in [0.717, 1.165) is 5.56 Å². The third-order valence-corrected chi connectivity index (χ3v) is 3.51. The van der Waals surface area contributed by atoms with Crippen molar-refractivity contribution < 1.29 is 28.9 Å². The number of para-hydroxylation sites is 1. The van der Waals surface area contributed by atoms with E-state index in [0.29, 0.717) is 18.1 Å². The number of nitrogens with one attached hydrogen (secondary N) is 1. The summed E-state index contributed by atoms with van der Waals surface area (Å²) in [4.78, 5) is 23.2. The minimum Gasteiger partial charge on any atom is -0.490 e. The summed E-state index contributed by atoms with van der Waals surface area (Å²) in [5, 5.41) is 12.5. The van der Waals surface area contributed by atoms with E-state index in [1.807, 2.05) is 18.2 Å². The minimum atomic E-state index is -1.27. The Morgan fingerprint density at radius 3 is 2.33 bits per heavy atom. The highest BCUT2D eigenvalue weighted by atomic mass is 16.6. The van der Waals surface area contributed by atoms with E-state index >= 15 is 0 Å². The molecule has 2 aromatic carbocycles. The number of hydrogen-bond acceptors (Lipinski definition) is 6. The van der Waals surface area contributed by atoms with Gasteiger partial charge in [-0.25, -0.2) is 4.79 Å². The first kappa shape index (κ1) is 20.3. The van der Waals surface area contributed by atoms with Crippen LogP contribution < -0.4 is 14.8 Å². The Hall–Kier alpha value is -3.06. The van der Waals surface area contributed by atoms with Gasteiger partial charge in [0.1, 0.15) is 18.1 Å². The zero-order valence-electron chi connectivity index (χ0n) is 15.1. The SMILES string of the molecule is CCOC(=O)COc1ccc(CNC(=O)C(O)COc2ccccc2)cc1. The van der Waals surface area contributed by atoms with Crippen molar-refractivity contribution in [1.29, 1.82) is 0 Å². The van der Waals surface area contributed by atoms with Gasteiger partial charge in [-0.1, -0.05) is 30.3 Å². The number of amides is 1. The molecule has 0 fully saturated rings. The first-order valence-electron chi connectivity index (χ1n) is 8.59. The molecule has 1 atom stereocenters. The van der Waals surface area contributed by atoms with Crippen molar-refractivity contribution in [3.05, 3.63) is 60.2 Å². The average molecular weight is 373 g/mol. The van der Waals surface area contributed by atoms with E-state index in [9.17, 15) is 14.7 Å². The van der Waals surface area contributed by atoms with Gasteiger partial charge in [0, 0.05) is 6.54 Å². The van der Waals surface area contributed by atoms with Gasteiger partial charge >= 0.3 is 5.97 Å². The van der Waals surface area contributed by atoms with Crippen molar-refractivity contribution in [3.8, 4) is 11.5 Å². The lowest BCUT2D eigenvalue weighted by atomic mass is 10.2. The molecule has 7 nitrogen and oxygen atoms in total. The van der Waals surface area contributed by atoms with Gasteiger partial charge < -0.3 is 24.6 Å². The molecule has 0 saturated carbocycles. The molecule has 2 rings (SSSR count). The van der Waals surface area contributed by atoms with Crippen LogP contribution in [0.15, 0.2) is 54.6 Å². The highest BCUT2D eigenvalue weighted by Crippen LogP contribution is 2.12. The maximum absolute atomic E-state index is 11.9. The Bertz CT molecular complexity index is 717. The second-order valence-electron chi connectivity index (χ2n) is 5.60. The van der Waals surface area contributed by atoms with E-state index in [-0.39, 0.29) is 19.8 Å². The summed E-state index contributed by atoms with van der Waals surface area (Å²) in [5.74, 6) is 0.159. The molecular weight excluding hydrogens is 350 g/mol. The molecule has 2 N–H and O–H groups in total. The molecule has 144 valence electrons. The van der Waals surface area contributed by atoms with Crippen molar-refractivity contribution in [3.63, 3.8) is 0 Å². The molecule has 2 aromatic rings. The number of aliphatic hydroxyl groups is 1. The van der Waals surface area contributed by atoms with E-state index in [2.05, 4.69) is 5.32 Å². The second-order valence-corrected chi connectivity index (χ2v) is 5.60. The monoisotopic (exact) mass is 373 g/mol. The van der Waals surface area contributed by atoms with E-state index in [1.165, 1.54) is 0 Å². The maximum atomic E-state index is 11.9. The molecule has 0 spiro atoms. The summed E-state index contributed by atoms with van der Waals surface area (Å²) in [5.41, 5.74) is 0.822. The molecule has 1 unspecified atom stereocenters. The van der Waals surface area contributed by atoms with Gasteiger partial charge in [0.25, 0.3) is 5.91 Å². The lowest BCUT2D eigenvalue weighted by Gasteiger charge is -2.13. The lowest BCUT2D eigenvalue weighted by Crippen LogP contribution is -2.37. The minimum absolute atomic E-state index is 0.128. The summed E-state index contributed by atoms with van der Waals surface area (Å²) >= 11 is 0. The average Bonchev–Trinajstić information content (AvgIpc) is 2.70. The summed E-state index contributed by atoms with van der Waals surface area (Å²) < 4.78 is 15.4. The molecule has 0 bridgehead atoms. The van der Waals surface area contributed by atoms with Crippen molar-refractivity contribution in [2.45, 2.75) is 19.6 Å². The Kier molecular flexibility index (Phi) is 8.12. The van der Waals surface area contributed by atoms with Crippen LogP contribution in [0.1, 0.15) is 12.5 Å². The Labute approximate surface area is 157 Å². The molecule has 7 heteroatoms. The molecule has 1 amide bonds. The van der Waals surface area contributed by atoms with E-state index in [1.54, 1.807) is 43.3 Å². The molecule has 0 aromatic heterocycles. The zero-order valence-corrected chi connectivity index (χ0v) is 15.1. The predicted octanol–water partition coefficient (Wildman–Crippen LogP) is 1.68. The lowest BCUT2D eigenvalue weighted by molar-refractivity contribution is -0.145. The Morgan fingerprint density at radius 2 is 1.67 bits per heavy atom. The van der Waals surface area contributed by atoms with Crippen LogP contribution in [0.3, 0.4) is 0 Å². The van der Waals surface area contributed by atoms with Crippen LogP contribution in [0, 0.1) is 0 Å². The molecule has 0 saturated heterocycles. The van der Waals surface area contributed by atoms with Gasteiger partial charge in [0.15, 0.2) is 12.7 Å². The smallest absolute Gasteiger partial charge is 0.344 e. The summed E-state index contributed by atoms with van der Waals surface area (Å²) in [6.45, 7) is 2.00. The van der Waals surface area contributed by atoms with Gasteiger partial charge in [0.05, 0.1) is 6.61 Å². The third-order valence-electron chi connectivity index (χ3n) is 3.51. The number of carbonyl (C=O) groups is 2. The number of rotatable bonds is 10. The summed E-state index contributed by atoms with van der Waals surface area (Å²) in [7, 11) is 0. The fraction of sp³-hybridized carbons (Fsp3) is 0.300. The van der Waals surface area contributed by atoms with Gasteiger partial charge in [-0.05, 0) is 36.8 Å². The number of ether oxygens (including phenoxy) is 3. The maximum Gasteiger partial charge on any atom is 0.344 e. The highest BCUT2D eigenvalue weighted by Gasteiger charge is 2.15. The van der Waals surface area contributed by atoms with Crippen LogP contribution in [-0.2, 0) is 20.9 Å². The topological polar surface area (TPSA) is 94.1 Å². The largest absolute Gasteiger partial charge is 0.490 e. The molecule has 27 heavy (non-hydrogen) atoms. The molecule has 0 heterocycles. The molecule has 0 aliphatic rings. The van der Waals surface area contributed by atoms with Crippen LogP contribution in [-0.4, -0.2) is 42.9 Å². The van der Waals surface area contributed by atoms with Crippen LogP contribution in [0.4, 0.5) is 0 Å². The van der Waals surface area contributed by atoms with E-state index < -0.39 is 18.0 Å². The molecular formula is C20H23NO6. The summed E-state index contributed by atoms with van der Waals surface area (Å²) in [6, 6.07) is 15.9. The van der Waals surface area contributed by atoms with Crippen molar-refractivity contribution in [1.82, 2.24) is 5.32 Å². The van der Waals surface area contributed by atoms with Crippen LogP contribution in [0.5, 0.6) is 11.5 Å². The van der Waals surface area contributed by atoms with Crippen molar-refractivity contribution in [2.24, 2.45) is 0 Å². The quantitative estimate of drug-likeness (QED) is 0.616. The van der Waals surface area contributed by atoms with Gasteiger partial charge in [-0.15, -0.1) is 0 Å². The Balaban J connectivity index is 1.71. The number of esters is 1. The van der Waals surface area contributed by atoms with Gasteiger partial charge in [-0.2, -0.15) is 0 Å². The molecule has 0 aliphatic carbocycles. The first-order valence-corrected chi connectivity index (χ1v) is 8.59.